The highest BCUT2D eigenvalue weighted by molar-refractivity contribution is 6.01. The molecule has 0 aromatic heterocycles. The lowest BCUT2D eigenvalue weighted by atomic mass is 10.00. The Morgan fingerprint density at radius 3 is 2.47 bits per heavy atom. The van der Waals surface area contributed by atoms with Gasteiger partial charge in [0.25, 0.3) is 0 Å². The lowest BCUT2D eigenvalue weighted by Crippen LogP contribution is -2.56. The molecule has 0 saturated carbocycles. The van der Waals surface area contributed by atoms with Crippen molar-refractivity contribution in [2.24, 2.45) is 11.8 Å². The van der Waals surface area contributed by atoms with Crippen molar-refractivity contribution in [3.63, 3.8) is 0 Å². The largest absolute Gasteiger partial charge is 0.548 e. The smallest absolute Gasteiger partial charge is 0.245 e. The van der Waals surface area contributed by atoms with Gasteiger partial charge in [-0.15, -0.1) is 0 Å². The Morgan fingerprint density at radius 1 is 1.20 bits per heavy atom. The van der Waals surface area contributed by atoms with Crippen molar-refractivity contribution in [1.82, 2.24) is 10.2 Å². The van der Waals surface area contributed by atoms with Gasteiger partial charge in [0, 0.05) is 25.2 Å². The predicted octanol–water partition coefficient (Wildman–Crippen LogP) is 0.0603. The van der Waals surface area contributed by atoms with Crippen LogP contribution in [0.1, 0.15) is 33.1 Å². The first-order chi connectivity index (χ1) is 14.2. The molecule has 3 atom stereocenters. The molecule has 2 fully saturated rings. The molecule has 8 nitrogen and oxygen atoms in total. The number of benzene rings is 1. The van der Waals surface area contributed by atoms with Crippen LogP contribution in [0.2, 0.25) is 0 Å². The molecule has 9 heteroatoms. The third-order valence-corrected chi connectivity index (χ3v) is 5.67. The van der Waals surface area contributed by atoms with E-state index in [1.807, 2.05) is 0 Å². The number of carbonyl (C=O) groups is 4. The number of halogens is 1. The summed E-state index contributed by atoms with van der Waals surface area (Å²) in [4.78, 5) is 52.1. The number of hydrogen-bond acceptors (Lipinski definition) is 5. The maximum atomic E-state index is 13.1. The summed E-state index contributed by atoms with van der Waals surface area (Å²) >= 11 is 0. The Bertz CT molecular complexity index is 842. The van der Waals surface area contributed by atoms with Crippen LogP contribution in [0.4, 0.5) is 10.1 Å². The monoisotopic (exact) mass is 418 g/mol. The number of rotatable bonds is 6. The van der Waals surface area contributed by atoms with Crippen molar-refractivity contribution in [3.05, 3.63) is 30.1 Å². The average molecular weight is 418 g/mol. The molecular weight excluding hydrogens is 393 g/mol. The molecule has 3 amide bonds. The first kappa shape index (κ1) is 21.7. The van der Waals surface area contributed by atoms with E-state index in [1.54, 1.807) is 13.8 Å². The number of hydrogen-bond donors (Lipinski definition) is 1. The zero-order chi connectivity index (χ0) is 22.0. The number of likely N-dealkylation sites (tertiary alicyclic amines) is 1. The van der Waals surface area contributed by atoms with Crippen molar-refractivity contribution >= 4 is 29.4 Å². The Morgan fingerprint density at radius 2 is 1.87 bits per heavy atom. The van der Waals surface area contributed by atoms with E-state index in [-0.39, 0.29) is 24.8 Å². The number of carbonyl (C=O) groups excluding carboxylic acids is 4. The van der Waals surface area contributed by atoms with Gasteiger partial charge in [-0.1, -0.05) is 13.8 Å². The SMILES string of the molecule is CC(C)[C@H](NC(=O)[C@H]1CC(=O)N(c2ccc(F)cc2)C1)C(=O)N1CCC[C@H]1C(=O)[O-]. The minimum atomic E-state index is -1.30. The molecule has 1 aromatic carbocycles. The first-order valence-electron chi connectivity index (χ1n) is 10.1. The fourth-order valence-electron chi connectivity index (χ4n) is 3.99. The maximum Gasteiger partial charge on any atom is 0.245 e. The Kier molecular flexibility index (Phi) is 6.38. The van der Waals surface area contributed by atoms with Crippen molar-refractivity contribution in [2.45, 2.75) is 45.2 Å². The van der Waals surface area contributed by atoms with Crippen LogP contribution < -0.4 is 15.3 Å². The summed E-state index contributed by atoms with van der Waals surface area (Å²) in [5.74, 6) is -3.80. The van der Waals surface area contributed by atoms with Gasteiger partial charge in [0.1, 0.15) is 11.9 Å². The van der Waals surface area contributed by atoms with Crippen molar-refractivity contribution < 1.29 is 28.7 Å². The molecule has 0 unspecified atom stereocenters. The first-order valence-corrected chi connectivity index (χ1v) is 10.1. The number of nitrogens with zero attached hydrogens (tertiary/aromatic N) is 2. The highest BCUT2D eigenvalue weighted by atomic mass is 19.1. The second-order valence-corrected chi connectivity index (χ2v) is 8.12. The number of anilines is 1. The fourth-order valence-corrected chi connectivity index (χ4v) is 3.99. The van der Waals surface area contributed by atoms with Crippen LogP contribution >= 0.6 is 0 Å². The molecule has 162 valence electrons. The van der Waals surface area contributed by atoms with E-state index in [9.17, 15) is 28.7 Å². The molecule has 2 heterocycles. The molecule has 2 saturated heterocycles. The molecule has 0 bridgehead atoms. The average Bonchev–Trinajstić information content (AvgIpc) is 3.33. The third kappa shape index (κ3) is 4.44. The topological polar surface area (TPSA) is 110 Å². The zero-order valence-electron chi connectivity index (χ0n) is 17.0. The number of amides is 3. The van der Waals surface area contributed by atoms with Crippen LogP contribution in [0, 0.1) is 17.7 Å². The van der Waals surface area contributed by atoms with Gasteiger partial charge in [0.2, 0.25) is 17.7 Å². The standard InChI is InChI=1S/C21H26FN3O5/c1-12(2)18(20(28)24-9-3-4-16(24)21(29)30)23-19(27)13-10-17(26)25(11-13)15-7-5-14(22)6-8-15/h5-8,12-13,16,18H,3-4,9-11H2,1-2H3,(H,23,27)(H,29,30)/p-1/t13-,16-,18-/m0/s1. The summed E-state index contributed by atoms with van der Waals surface area (Å²) in [7, 11) is 0. The van der Waals surface area contributed by atoms with Crippen molar-refractivity contribution in [3.8, 4) is 0 Å². The Hall–Kier alpha value is -2.97. The molecule has 1 N–H and O–H groups in total. The minimum absolute atomic E-state index is 0.0202. The number of carboxylic acid groups (broad SMARTS) is 1. The van der Waals surface area contributed by atoms with E-state index in [2.05, 4.69) is 5.32 Å². The highest BCUT2D eigenvalue weighted by Crippen LogP contribution is 2.26. The van der Waals surface area contributed by atoms with Crippen molar-refractivity contribution in [2.75, 3.05) is 18.0 Å². The summed E-state index contributed by atoms with van der Waals surface area (Å²) in [5, 5.41) is 14.0. The van der Waals surface area contributed by atoms with Gasteiger partial charge in [-0.25, -0.2) is 4.39 Å². The van der Waals surface area contributed by atoms with Gasteiger partial charge >= 0.3 is 0 Å². The Labute approximate surface area is 174 Å². The van der Waals surface area contributed by atoms with Gasteiger partial charge in [0.15, 0.2) is 0 Å². The fraction of sp³-hybridized carbons (Fsp3) is 0.524. The van der Waals surface area contributed by atoms with Gasteiger partial charge in [-0.2, -0.15) is 0 Å². The third-order valence-electron chi connectivity index (χ3n) is 5.67. The summed E-state index contributed by atoms with van der Waals surface area (Å²) in [5.41, 5.74) is 0.502. The lowest BCUT2D eigenvalue weighted by molar-refractivity contribution is -0.310. The summed E-state index contributed by atoms with van der Waals surface area (Å²) in [6.45, 7) is 3.95. The quantitative estimate of drug-likeness (QED) is 0.703. The molecule has 2 aliphatic heterocycles. The van der Waals surface area contributed by atoms with Crippen LogP contribution in [-0.4, -0.2) is 53.8 Å². The summed E-state index contributed by atoms with van der Waals surface area (Å²) in [6.07, 6.45) is 0.872. The van der Waals surface area contributed by atoms with Gasteiger partial charge in [0.05, 0.1) is 17.9 Å². The minimum Gasteiger partial charge on any atom is -0.548 e. The van der Waals surface area contributed by atoms with Crippen LogP contribution in [0.3, 0.4) is 0 Å². The van der Waals surface area contributed by atoms with E-state index in [0.717, 1.165) is 0 Å². The molecule has 0 aliphatic carbocycles. The van der Waals surface area contributed by atoms with Gasteiger partial charge < -0.3 is 25.0 Å². The van der Waals surface area contributed by atoms with Gasteiger partial charge in [-0.3, -0.25) is 14.4 Å². The summed E-state index contributed by atoms with van der Waals surface area (Å²) < 4.78 is 13.1. The molecular formula is C21H25FN3O5-. The van der Waals surface area contributed by atoms with Crippen LogP contribution in [0.15, 0.2) is 24.3 Å². The second kappa shape index (κ2) is 8.81. The maximum absolute atomic E-state index is 13.1. The van der Waals surface area contributed by atoms with Crippen LogP contribution in [-0.2, 0) is 19.2 Å². The molecule has 2 aliphatic rings. The van der Waals surface area contributed by atoms with E-state index in [0.29, 0.717) is 25.1 Å². The second-order valence-electron chi connectivity index (χ2n) is 8.12. The normalized spacial score (nSPS) is 22.5. The highest BCUT2D eigenvalue weighted by Gasteiger charge is 2.39. The van der Waals surface area contributed by atoms with Crippen LogP contribution in [0.5, 0.6) is 0 Å². The zero-order valence-corrected chi connectivity index (χ0v) is 17.0. The van der Waals surface area contributed by atoms with E-state index in [4.69, 9.17) is 0 Å². The molecule has 3 rings (SSSR count). The number of nitrogens with one attached hydrogen (secondary N) is 1. The van der Waals surface area contributed by atoms with Crippen molar-refractivity contribution in [1.29, 1.82) is 0 Å². The predicted molar refractivity (Wildman–Crippen MR) is 103 cm³/mol. The molecule has 30 heavy (non-hydrogen) atoms. The lowest BCUT2D eigenvalue weighted by Gasteiger charge is -2.32. The van der Waals surface area contributed by atoms with E-state index in [1.165, 1.54) is 34.1 Å². The Balaban J connectivity index is 1.68. The number of aliphatic carboxylic acids is 1. The van der Waals surface area contributed by atoms with E-state index >= 15 is 0 Å². The summed E-state index contributed by atoms with van der Waals surface area (Å²) in [6, 6.07) is 3.55. The van der Waals surface area contributed by atoms with E-state index < -0.39 is 41.6 Å². The molecule has 1 aromatic rings. The molecule has 0 radical (unpaired) electrons. The number of carboxylic acids is 1. The van der Waals surface area contributed by atoms with Crippen LogP contribution in [0.25, 0.3) is 0 Å². The van der Waals surface area contributed by atoms with Gasteiger partial charge in [-0.05, 0) is 43.0 Å². The molecule has 0 spiro atoms.